The Bertz CT molecular complexity index is 244. The van der Waals surface area contributed by atoms with E-state index < -0.39 is 0 Å². The van der Waals surface area contributed by atoms with Gasteiger partial charge in [-0.25, -0.2) is 0 Å². The molecule has 0 aromatic carbocycles. The molecule has 4 nitrogen and oxygen atoms in total. The lowest BCUT2D eigenvalue weighted by molar-refractivity contribution is 0.119. The smallest absolute Gasteiger partial charge is 0.0622 e. The Hall–Kier alpha value is -0.160. The van der Waals surface area contributed by atoms with Gasteiger partial charge in [-0.1, -0.05) is 6.92 Å². The van der Waals surface area contributed by atoms with E-state index in [4.69, 9.17) is 4.74 Å². The fourth-order valence-corrected chi connectivity index (χ4v) is 3.32. The first kappa shape index (κ1) is 13.3. The maximum Gasteiger partial charge on any atom is 0.0622 e. The highest BCUT2D eigenvalue weighted by Crippen LogP contribution is 2.34. The van der Waals surface area contributed by atoms with Crippen LogP contribution in [0, 0.1) is 0 Å². The molecule has 0 spiro atoms. The molecule has 1 saturated carbocycles. The Morgan fingerprint density at radius 1 is 1.41 bits per heavy atom. The molecule has 17 heavy (non-hydrogen) atoms. The van der Waals surface area contributed by atoms with Gasteiger partial charge in [0.1, 0.15) is 0 Å². The molecule has 0 aromatic heterocycles. The monoisotopic (exact) mass is 242 g/mol. The fraction of sp³-hybridized carbons (Fsp3) is 1.00. The zero-order valence-electron chi connectivity index (χ0n) is 11.1. The normalized spacial score (nSPS) is 38.1. The molecular weight excluding hydrogens is 216 g/mol. The highest BCUT2D eigenvalue weighted by Gasteiger charge is 2.41. The number of aliphatic hydroxyl groups excluding tert-OH is 1. The van der Waals surface area contributed by atoms with E-state index in [2.05, 4.69) is 24.2 Å². The van der Waals surface area contributed by atoms with E-state index >= 15 is 0 Å². The minimum Gasteiger partial charge on any atom is -0.394 e. The average Bonchev–Trinajstić information content (AvgIpc) is 2.98. The molecule has 1 heterocycles. The second-order valence-corrected chi connectivity index (χ2v) is 5.55. The predicted molar refractivity (Wildman–Crippen MR) is 68.1 cm³/mol. The number of rotatable bonds is 5. The second kappa shape index (κ2) is 5.65. The Labute approximate surface area is 104 Å². The van der Waals surface area contributed by atoms with Crippen LogP contribution in [0.25, 0.3) is 0 Å². The number of nitrogens with one attached hydrogen (secondary N) is 1. The van der Waals surface area contributed by atoms with Gasteiger partial charge in [0.25, 0.3) is 0 Å². The summed E-state index contributed by atoms with van der Waals surface area (Å²) in [5.74, 6) is 0. The maximum atomic E-state index is 9.61. The highest BCUT2D eigenvalue weighted by molar-refractivity contribution is 4.99. The molecule has 0 bridgehead atoms. The Morgan fingerprint density at radius 3 is 2.82 bits per heavy atom. The van der Waals surface area contributed by atoms with E-state index in [-0.39, 0.29) is 12.1 Å². The quantitative estimate of drug-likeness (QED) is 0.741. The molecule has 0 radical (unpaired) electrons. The van der Waals surface area contributed by atoms with Crippen molar-refractivity contribution >= 4 is 0 Å². The average molecular weight is 242 g/mol. The summed E-state index contributed by atoms with van der Waals surface area (Å²) in [5, 5.41) is 13.1. The van der Waals surface area contributed by atoms with Crippen molar-refractivity contribution in [3.8, 4) is 0 Å². The lowest BCUT2D eigenvalue weighted by atomic mass is 9.98. The molecule has 100 valence electrons. The number of aliphatic hydroxyl groups is 1. The molecule has 2 aliphatic rings. The third kappa shape index (κ3) is 2.81. The van der Waals surface area contributed by atoms with Crippen LogP contribution in [0.15, 0.2) is 0 Å². The van der Waals surface area contributed by atoms with Crippen LogP contribution in [0.2, 0.25) is 0 Å². The lowest BCUT2D eigenvalue weighted by Crippen LogP contribution is -2.48. The first-order valence-corrected chi connectivity index (χ1v) is 6.86. The van der Waals surface area contributed by atoms with Crippen LogP contribution in [-0.4, -0.2) is 61.0 Å². The van der Waals surface area contributed by atoms with E-state index in [1.807, 2.05) is 0 Å². The number of nitrogens with zero attached hydrogens (tertiary/aromatic N) is 1. The van der Waals surface area contributed by atoms with E-state index in [1.165, 1.54) is 6.42 Å². The van der Waals surface area contributed by atoms with Crippen LogP contribution in [0.5, 0.6) is 0 Å². The van der Waals surface area contributed by atoms with Gasteiger partial charge in [0.15, 0.2) is 0 Å². The maximum absolute atomic E-state index is 9.61. The largest absolute Gasteiger partial charge is 0.394 e. The third-order valence-electron chi connectivity index (χ3n) is 4.49. The van der Waals surface area contributed by atoms with Crippen LogP contribution in [-0.2, 0) is 4.74 Å². The summed E-state index contributed by atoms with van der Waals surface area (Å²) in [6.07, 6.45) is 4.48. The zero-order chi connectivity index (χ0) is 12.3. The summed E-state index contributed by atoms with van der Waals surface area (Å²) in [5.41, 5.74) is -0.0346. The molecule has 2 rings (SSSR count). The van der Waals surface area contributed by atoms with Crippen molar-refractivity contribution in [1.82, 2.24) is 10.2 Å². The van der Waals surface area contributed by atoms with Gasteiger partial charge in [0.05, 0.1) is 13.2 Å². The van der Waals surface area contributed by atoms with Crippen LogP contribution in [0.1, 0.15) is 32.6 Å². The Balaban J connectivity index is 1.91. The van der Waals surface area contributed by atoms with Gasteiger partial charge in [0, 0.05) is 24.2 Å². The molecule has 2 N–H and O–H groups in total. The molecule has 1 aliphatic heterocycles. The molecule has 0 aromatic rings. The summed E-state index contributed by atoms with van der Waals surface area (Å²) < 4.78 is 5.46. The Kier molecular flexibility index (Phi) is 4.42. The summed E-state index contributed by atoms with van der Waals surface area (Å²) in [4.78, 5) is 2.47. The summed E-state index contributed by atoms with van der Waals surface area (Å²) >= 11 is 0. The van der Waals surface area contributed by atoms with E-state index in [0.717, 1.165) is 39.0 Å². The van der Waals surface area contributed by atoms with E-state index in [9.17, 15) is 5.11 Å². The third-order valence-corrected chi connectivity index (χ3v) is 4.49. The molecule has 3 unspecified atom stereocenters. The number of likely N-dealkylation sites (N-methyl/N-ethyl adjacent to an activating group) is 2. The number of ether oxygens (including phenoxy) is 1. The molecule has 0 amide bonds. The molecule has 4 heteroatoms. The molecule has 1 saturated heterocycles. The van der Waals surface area contributed by atoms with Gasteiger partial charge in [-0.2, -0.15) is 0 Å². The molecule has 1 aliphatic carbocycles. The number of hydrogen-bond acceptors (Lipinski definition) is 4. The summed E-state index contributed by atoms with van der Waals surface area (Å²) in [6.45, 7) is 5.08. The molecule has 3 atom stereocenters. The fourth-order valence-electron chi connectivity index (χ4n) is 3.32. The Morgan fingerprint density at radius 2 is 2.24 bits per heavy atom. The van der Waals surface area contributed by atoms with Crippen molar-refractivity contribution in [2.24, 2.45) is 0 Å². The van der Waals surface area contributed by atoms with Gasteiger partial charge in [-0.05, 0) is 39.3 Å². The van der Waals surface area contributed by atoms with Crippen molar-refractivity contribution in [2.45, 2.75) is 50.2 Å². The van der Waals surface area contributed by atoms with Gasteiger partial charge >= 0.3 is 0 Å². The predicted octanol–water partition coefficient (Wildman–Crippen LogP) is 0.600. The van der Waals surface area contributed by atoms with Gasteiger partial charge in [-0.15, -0.1) is 0 Å². The first-order valence-electron chi connectivity index (χ1n) is 6.86. The van der Waals surface area contributed by atoms with Crippen LogP contribution in [0.4, 0.5) is 0 Å². The van der Waals surface area contributed by atoms with Crippen LogP contribution < -0.4 is 5.32 Å². The summed E-state index contributed by atoms with van der Waals surface area (Å²) in [7, 11) is 2.21. The molecular formula is C13H26N2O2. The standard InChI is InChI=1S/C13H26N2O2/c1-3-14-13(10-16)6-4-11(8-13)15(2)12-5-7-17-9-12/h11-12,14,16H,3-10H2,1-2H3. The highest BCUT2D eigenvalue weighted by atomic mass is 16.5. The topological polar surface area (TPSA) is 44.7 Å². The summed E-state index contributed by atoms with van der Waals surface area (Å²) in [6, 6.07) is 1.17. The number of hydrogen-bond donors (Lipinski definition) is 2. The van der Waals surface area contributed by atoms with Crippen molar-refractivity contribution in [3.63, 3.8) is 0 Å². The van der Waals surface area contributed by atoms with Crippen molar-refractivity contribution in [1.29, 1.82) is 0 Å². The van der Waals surface area contributed by atoms with E-state index in [1.54, 1.807) is 0 Å². The van der Waals surface area contributed by atoms with Crippen molar-refractivity contribution in [2.75, 3.05) is 33.4 Å². The lowest BCUT2D eigenvalue weighted by Gasteiger charge is -2.32. The minimum atomic E-state index is -0.0346. The molecule has 2 fully saturated rings. The van der Waals surface area contributed by atoms with E-state index in [0.29, 0.717) is 12.1 Å². The van der Waals surface area contributed by atoms with Gasteiger partial charge in [0.2, 0.25) is 0 Å². The van der Waals surface area contributed by atoms with Crippen molar-refractivity contribution in [3.05, 3.63) is 0 Å². The van der Waals surface area contributed by atoms with Crippen LogP contribution in [0.3, 0.4) is 0 Å². The first-order chi connectivity index (χ1) is 8.21. The van der Waals surface area contributed by atoms with Gasteiger partial charge in [-0.3, -0.25) is 4.90 Å². The van der Waals surface area contributed by atoms with Crippen molar-refractivity contribution < 1.29 is 9.84 Å². The van der Waals surface area contributed by atoms with Gasteiger partial charge < -0.3 is 15.2 Å². The van der Waals surface area contributed by atoms with Crippen LogP contribution >= 0.6 is 0 Å². The second-order valence-electron chi connectivity index (χ2n) is 5.55. The minimum absolute atomic E-state index is 0.0346. The zero-order valence-corrected chi connectivity index (χ0v) is 11.1. The SMILES string of the molecule is CCNC1(CO)CCC(N(C)C2CCOC2)C1.